The standard InChI is InChI=1S/C22H20N4O4/c1-3-26-17-10-15(28-2)6-4-13(17)8-18(26)16-11-21(25-24-16)23-22(27)14-5-7-19-20(9-14)30-12-29-19/h4-11H,3,12H2,1-2H3,(H2,23,24,25,27). The van der Waals surface area contributed by atoms with Gasteiger partial charge in [0.1, 0.15) is 5.75 Å². The Labute approximate surface area is 172 Å². The quantitative estimate of drug-likeness (QED) is 0.524. The Bertz CT molecular complexity index is 1260. The fourth-order valence-electron chi connectivity index (χ4n) is 3.67. The lowest BCUT2D eigenvalue weighted by Crippen LogP contribution is -2.12. The smallest absolute Gasteiger partial charge is 0.257 e. The zero-order valence-electron chi connectivity index (χ0n) is 16.6. The largest absolute Gasteiger partial charge is 0.497 e. The van der Waals surface area contributed by atoms with E-state index in [9.17, 15) is 4.79 Å². The SMILES string of the molecule is CCn1c(-c2cc(NC(=O)c3ccc4c(c3)OCO4)n[nH]2)cc2ccc(OC)cc21. The van der Waals surface area contributed by atoms with Crippen molar-refractivity contribution in [3.05, 3.63) is 54.1 Å². The van der Waals surface area contributed by atoms with E-state index in [1.807, 2.05) is 24.3 Å². The molecule has 2 aromatic heterocycles. The number of benzene rings is 2. The van der Waals surface area contributed by atoms with Crippen LogP contribution in [0, 0.1) is 0 Å². The van der Waals surface area contributed by atoms with E-state index >= 15 is 0 Å². The number of fused-ring (bicyclic) bond motifs is 2. The maximum Gasteiger partial charge on any atom is 0.257 e. The molecule has 4 aromatic rings. The molecule has 0 spiro atoms. The number of aryl methyl sites for hydroxylation is 1. The van der Waals surface area contributed by atoms with Crippen LogP contribution in [0.1, 0.15) is 17.3 Å². The summed E-state index contributed by atoms with van der Waals surface area (Å²) in [6.07, 6.45) is 0. The van der Waals surface area contributed by atoms with E-state index in [4.69, 9.17) is 14.2 Å². The Kier molecular flexibility index (Phi) is 4.31. The number of H-pyrrole nitrogens is 1. The molecule has 1 aliphatic rings. The average Bonchev–Trinajstić information content (AvgIpc) is 3.50. The van der Waals surface area contributed by atoms with Gasteiger partial charge < -0.3 is 24.1 Å². The number of ether oxygens (including phenoxy) is 3. The average molecular weight is 404 g/mol. The second-order valence-corrected chi connectivity index (χ2v) is 6.89. The number of carbonyl (C=O) groups excluding carboxylic acids is 1. The van der Waals surface area contributed by atoms with Gasteiger partial charge in [-0.2, -0.15) is 5.10 Å². The van der Waals surface area contributed by atoms with E-state index in [1.54, 1.807) is 25.3 Å². The molecule has 0 aliphatic carbocycles. The van der Waals surface area contributed by atoms with Gasteiger partial charge in [0.15, 0.2) is 17.3 Å². The first-order valence-corrected chi connectivity index (χ1v) is 9.60. The Morgan fingerprint density at radius 1 is 1.17 bits per heavy atom. The van der Waals surface area contributed by atoms with Crippen LogP contribution in [0.2, 0.25) is 0 Å². The summed E-state index contributed by atoms with van der Waals surface area (Å²) in [5, 5.41) is 11.2. The highest BCUT2D eigenvalue weighted by molar-refractivity contribution is 6.04. The predicted octanol–water partition coefficient (Wildman–Crippen LogP) is 4.04. The van der Waals surface area contributed by atoms with Crippen LogP contribution in [-0.4, -0.2) is 34.6 Å². The van der Waals surface area contributed by atoms with Crippen molar-refractivity contribution in [2.45, 2.75) is 13.5 Å². The normalized spacial score (nSPS) is 12.3. The Balaban J connectivity index is 1.42. The molecule has 0 saturated carbocycles. The van der Waals surface area contributed by atoms with E-state index in [0.717, 1.165) is 34.6 Å². The third-order valence-corrected chi connectivity index (χ3v) is 5.16. The number of methoxy groups -OCH3 is 1. The molecule has 2 N–H and O–H groups in total. The molecule has 3 heterocycles. The fourth-order valence-corrected chi connectivity index (χ4v) is 3.67. The molecule has 5 rings (SSSR count). The van der Waals surface area contributed by atoms with Crippen LogP contribution < -0.4 is 19.5 Å². The first-order valence-electron chi connectivity index (χ1n) is 9.60. The van der Waals surface area contributed by atoms with Gasteiger partial charge in [-0.1, -0.05) is 0 Å². The first-order chi connectivity index (χ1) is 14.7. The van der Waals surface area contributed by atoms with E-state index in [-0.39, 0.29) is 12.7 Å². The highest BCUT2D eigenvalue weighted by atomic mass is 16.7. The van der Waals surface area contributed by atoms with Crippen LogP contribution in [0.15, 0.2) is 48.5 Å². The number of aromatic nitrogens is 3. The molecule has 8 heteroatoms. The fraction of sp³-hybridized carbons (Fsp3) is 0.182. The molecule has 2 aromatic carbocycles. The summed E-state index contributed by atoms with van der Waals surface area (Å²) in [6.45, 7) is 3.03. The van der Waals surface area contributed by atoms with E-state index in [0.29, 0.717) is 22.9 Å². The molecule has 0 saturated heterocycles. The number of nitrogens with zero attached hydrogens (tertiary/aromatic N) is 2. The lowest BCUT2D eigenvalue weighted by atomic mass is 10.2. The number of aromatic amines is 1. The second-order valence-electron chi connectivity index (χ2n) is 6.89. The van der Waals surface area contributed by atoms with Crippen molar-refractivity contribution in [1.29, 1.82) is 0 Å². The van der Waals surface area contributed by atoms with Gasteiger partial charge in [-0.3, -0.25) is 9.89 Å². The molecule has 8 nitrogen and oxygen atoms in total. The summed E-state index contributed by atoms with van der Waals surface area (Å²) in [6, 6.07) is 15.0. The van der Waals surface area contributed by atoms with Crippen LogP contribution in [0.4, 0.5) is 5.82 Å². The van der Waals surface area contributed by atoms with Gasteiger partial charge in [0.25, 0.3) is 5.91 Å². The third-order valence-electron chi connectivity index (χ3n) is 5.16. The predicted molar refractivity (Wildman–Crippen MR) is 112 cm³/mol. The van der Waals surface area contributed by atoms with E-state index in [1.165, 1.54) is 0 Å². The van der Waals surface area contributed by atoms with Gasteiger partial charge in [-0.15, -0.1) is 0 Å². The number of rotatable bonds is 5. The molecule has 1 amide bonds. The lowest BCUT2D eigenvalue weighted by Gasteiger charge is -2.07. The van der Waals surface area contributed by atoms with Crippen LogP contribution in [0.3, 0.4) is 0 Å². The summed E-state index contributed by atoms with van der Waals surface area (Å²) in [4.78, 5) is 12.6. The molecule has 152 valence electrons. The molecule has 0 atom stereocenters. The zero-order chi connectivity index (χ0) is 20.7. The molecular formula is C22H20N4O4. The minimum absolute atomic E-state index is 0.167. The van der Waals surface area contributed by atoms with Crippen LogP contribution in [-0.2, 0) is 6.54 Å². The van der Waals surface area contributed by atoms with Crippen molar-refractivity contribution < 1.29 is 19.0 Å². The molecule has 1 aliphatic heterocycles. The molecule has 0 unspecified atom stereocenters. The highest BCUT2D eigenvalue weighted by Crippen LogP contribution is 2.33. The number of anilines is 1. The third kappa shape index (κ3) is 3.02. The summed E-state index contributed by atoms with van der Waals surface area (Å²) in [7, 11) is 1.66. The number of nitrogens with one attached hydrogen (secondary N) is 2. The first kappa shape index (κ1) is 18.1. The number of hydrogen-bond acceptors (Lipinski definition) is 5. The maximum atomic E-state index is 12.6. The lowest BCUT2D eigenvalue weighted by molar-refractivity contribution is 0.102. The zero-order valence-corrected chi connectivity index (χ0v) is 16.6. The summed E-state index contributed by atoms with van der Waals surface area (Å²) in [5.41, 5.74) is 3.34. The van der Waals surface area contributed by atoms with Gasteiger partial charge in [0, 0.05) is 29.6 Å². The summed E-state index contributed by atoms with van der Waals surface area (Å²) < 4.78 is 18.2. The van der Waals surface area contributed by atoms with E-state index in [2.05, 4.69) is 33.1 Å². The number of hydrogen-bond donors (Lipinski definition) is 2. The number of amides is 1. The molecule has 0 fully saturated rings. The van der Waals surface area contributed by atoms with Crippen LogP contribution >= 0.6 is 0 Å². The second kappa shape index (κ2) is 7.14. The van der Waals surface area contributed by atoms with Crippen molar-refractivity contribution in [3.8, 4) is 28.6 Å². The minimum atomic E-state index is -0.271. The monoisotopic (exact) mass is 404 g/mol. The Hall–Kier alpha value is -3.94. The number of carbonyl (C=O) groups is 1. The Morgan fingerprint density at radius 3 is 2.87 bits per heavy atom. The topological polar surface area (TPSA) is 90.4 Å². The molecule has 0 bridgehead atoms. The van der Waals surface area contributed by atoms with Gasteiger partial charge in [0.05, 0.1) is 24.0 Å². The van der Waals surface area contributed by atoms with Gasteiger partial charge in [0.2, 0.25) is 6.79 Å². The maximum absolute atomic E-state index is 12.6. The van der Waals surface area contributed by atoms with Gasteiger partial charge >= 0.3 is 0 Å². The van der Waals surface area contributed by atoms with Crippen LogP contribution in [0.25, 0.3) is 22.3 Å². The van der Waals surface area contributed by atoms with E-state index < -0.39 is 0 Å². The Morgan fingerprint density at radius 2 is 2.03 bits per heavy atom. The summed E-state index contributed by atoms with van der Waals surface area (Å²) in [5.74, 6) is 2.18. The van der Waals surface area contributed by atoms with Crippen molar-refractivity contribution >= 4 is 22.6 Å². The molecule has 0 radical (unpaired) electrons. The molecular weight excluding hydrogens is 384 g/mol. The highest BCUT2D eigenvalue weighted by Gasteiger charge is 2.18. The van der Waals surface area contributed by atoms with Crippen LogP contribution in [0.5, 0.6) is 17.2 Å². The van der Waals surface area contributed by atoms with Crippen molar-refractivity contribution in [3.63, 3.8) is 0 Å². The van der Waals surface area contributed by atoms with Gasteiger partial charge in [-0.25, -0.2) is 0 Å². The van der Waals surface area contributed by atoms with Gasteiger partial charge in [-0.05, 0) is 43.3 Å². The minimum Gasteiger partial charge on any atom is -0.497 e. The van der Waals surface area contributed by atoms with Crippen molar-refractivity contribution in [1.82, 2.24) is 14.8 Å². The molecule has 30 heavy (non-hydrogen) atoms. The summed E-state index contributed by atoms with van der Waals surface area (Å²) >= 11 is 0. The van der Waals surface area contributed by atoms with Crippen molar-refractivity contribution in [2.75, 3.05) is 19.2 Å². The van der Waals surface area contributed by atoms with Crippen molar-refractivity contribution in [2.24, 2.45) is 0 Å².